The summed E-state index contributed by atoms with van der Waals surface area (Å²) in [4.78, 5) is 29.3. The molecule has 1 atom stereocenters. The standard InChI is InChI=1S/C17H20N4O2/c1-13(19-16(22)11-20-9-2-3-17(20)23)14-4-6-15(7-5-14)21-10-8-18-12-21/h4-8,10,12-13H,2-3,9,11H2,1H3,(H,19,22)/t13-/m1/s1. The van der Waals surface area contributed by atoms with Crippen LogP contribution < -0.4 is 5.32 Å². The van der Waals surface area contributed by atoms with E-state index in [0.29, 0.717) is 13.0 Å². The van der Waals surface area contributed by atoms with Gasteiger partial charge >= 0.3 is 0 Å². The Kier molecular flexibility index (Phi) is 4.41. The summed E-state index contributed by atoms with van der Waals surface area (Å²) in [5.41, 5.74) is 2.04. The van der Waals surface area contributed by atoms with E-state index in [2.05, 4.69) is 10.3 Å². The molecule has 0 radical (unpaired) electrons. The lowest BCUT2D eigenvalue weighted by Crippen LogP contribution is -2.38. The number of carbonyl (C=O) groups is 2. The van der Waals surface area contributed by atoms with Crippen LogP contribution in [-0.2, 0) is 9.59 Å². The molecule has 0 unspecified atom stereocenters. The summed E-state index contributed by atoms with van der Waals surface area (Å²) in [5, 5.41) is 2.95. The molecule has 0 bridgehead atoms. The van der Waals surface area contributed by atoms with Gasteiger partial charge in [-0.05, 0) is 31.0 Å². The van der Waals surface area contributed by atoms with Gasteiger partial charge < -0.3 is 14.8 Å². The molecule has 1 aliphatic rings. The number of benzene rings is 1. The SMILES string of the molecule is C[C@@H](NC(=O)CN1CCCC1=O)c1ccc(-n2ccnc2)cc1. The molecule has 1 aromatic heterocycles. The van der Waals surface area contributed by atoms with Crippen molar-refractivity contribution in [2.24, 2.45) is 0 Å². The number of rotatable bonds is 5. The summed E-state index contributed by atoms with van der Waals surface area (Å²) in [6, 6.07) is 7.85. The summed E-state index contributed by atoms with van der Waals surface area (Å²) in [5.74, 6) is -0.0519. The number of nitrogens with zero attached hydrogens (tertiary/aromatic N) is 3. The molecule has 0 saturated carbocycles. The van der Waals surface area contributed by atoms with Crippen LogP contribution in [0.4, 0.5) is 0 Å². The number of nitrogens with one attached hydrogen (secondary N) is 1. The summed E-state index contributed by atoms with van der Waals surface area (Å²) in [7, 11) is 0. The van der Waals surface area contributed by atoms with Crippen molar-refractivity contribution in [2.75, 3.05) is 13.1 Å². The first-order valence-electron chi connectivity index (χ1n) is 7.79. The Morgan fingerprint density at radius 1 is 1.35 bits per heavy atom. The van der Waals surface area contributed by atoms with E-state index in [0.717, 1.165) is 17.7 Å². The second-order valence-corrected chi connectivity index (χ2v) is 5.77. The first kappa shape index (κ1) is 15.3. The lowest BCUT2D eigenvalue weighted by Gasteiger charge is -2.19. The van der Waals surface area contributed by atoms with Crippen molar-refractivity contribution in [3.05, 3.63) is 48.5 Å². The van der Waals surface area contributed by atoms with Crippen LogP contribution in [0.25, 0.3) is 5.69 Å². The lowest BCUT2D eigenvalue weighted by atomic mass is 10.1. The fourth-order valence-corrected chi connectivity index (χ4v) is 2.76. The zero-order valence-corrected chi connectivity index (χ0v) is 13.1. The van der Waals surface area contributed by atoms with E-state index in [1.807, 2.05) is 42.0 Å². The lowest BCUT2D eigenvalue weighted by molar-refractivity contribution is -0.133. The Hall–Kier alpha value is -2.63. The number of amides is 2. The Morgan fingerprint density at radius 2 is 2.13 bits per heavy atom. The van der Waals surface area contributed by atoms with Crippen LogP contribution in [0.1, 0.15) is 31.4 Å². The molecule has 3 rings (SSSR count). The van der Waals surface area contributed by atoms with Crippen LogP contribution >= 0.6 is 0 Å². The van der Waals surface area contributed by atoms with Crippen molar-refractivity contribution in [1.29, 1.82) is 0 Å². The summed E-state index contributed by atoms with van der Waals surface area (Å²) >= 11 is 0. The second kappa shape index (κ2) is 6.64. The van der Waals surface area contributed by atoms with E-state index < -0.39 is 0 Å². The number of carbonyl (C=O) groups excluding carboxylic acids is 2. The third-order valence-electron chi connectivity index (χ3n) is 4.08. The zero-order chi connectivity index (χ0) is 16.2. The molecule has 2 heterocycles. The Morgan fingerprint density at radius 3 is 2.74 bits per heavy atom. The smallest absolute Gasteiger partial charge is 0.240 e. The van der Waals surface area contributed by atoms with Crippen LogP contribution in [0.15, 0.2) is 43.0 Å². The summed E-state index contributed by atoms with van der Waals surface area (Å²) < 4.78 is 1.92. The molecular weight excluding hydrogens is 292 g/mol. The van der Waals surface area contributed by atoms with Crippen molar-refractivity contribution in [1.82, 2.24) is 19.8 Å². The predicted molar refractivity (Wildman–Crippen MR) is 85.9 cm³/mol. The highest BCUT2D eigenvalue weighted by Gasteiger charge is 2.22. The maximum atomic E-state index is 12.1. The van der Waals surface area contributed by atoms with Gasteiger partial charge in [-0.25, -0.2) is 4.98 Å². The van der Waals surface area contributed by atoms with E-state index in [1.165, 1.54) is 0 Å². The first-order chi connectivity index (χ1) is 11.1. The minimum atomic E-state index is -0.119. The third-order valence-corrected chi connectivity index (χ3v) is 4.08. The molecule has 1 saturated heterocycles. The zero-order valence-electron chi connectivity index (χ0n) is 13.1. The van der Waals surface area contributed by atoms with Gasteiger partial charge in [0.25, 0.3) is 0 Å². The van der Waals surface area contributed by atoms with Gasteiger partial charge in [-0.15, -0.1) is 0 Å². The van der Waals surface area contributed by atoms with E-state index in [1.54, 1.807) is 17.4 Å². The molecule has 0 spiro atoms. The van der Waals surface area contributed by atoms with Gasteiger partial charge in [0, 0.05) is 31.0 Å². The van der Waals surface area contributed by atoms with Crippen LogP contribution in [0.5, 0.6) is 0 Å². The summed E-state index contributed by atoms with van der Waals surface area (Å²) in [6.07, 6.45) is 6.76. The van der Waals surface area contributed by atoms with Crippen LogP contribution in [0.2, 0.25) is 0 Å². The topological polar surface area (TPSA) is 67.2 Å². The monoisotopic (exact) mass is 312 g/mol. The van der Waals surface area contributed by atoms with Crippen molar-refractivity contribution >= 4 is 11.8 Å². The Bertz CT molecular complexity index is 679. The van der Waals surface area contributed by atoms with E-state index in [9.17, 15) is 9.59 Å². The molecule has 23 heavy (non-hydrogen) atoms. The molecule has 2 aromatic rings. The first-order valence-corrected chi connectivity index (χ1v) is 7.79. The van der Waals surface area contributed by atoms with Gasteiger partial charge in [0.2, 0.25) is 11.8 Å². The van der Waals surface area contributed by atoms with Gasteiger partial charge in [0.15, 0.2) is 0 Å². The molecule has 1 aliphatic heterocycles. The van der Waals surface area contributed by atoms with E-state index in [4.69, 9.17) is 0 Å². The van der Waals surface area contributed by atoms with E-state index >= 15 is 0 Å². The van der Waals surface area contributed by atoms with Gasteiger partial charge in [0.05, 0.1) is 18.9 Å². The predicted octanol–water partition coefficient (Wildman–Crippen LogP) is 1.67. The average molecular weight is 312 g/mol. The maximum absolute atomic E-state index is 12.1. The minimum Gasteiger partial charge on any atom is -0.348 e. The van der Waals surface area contributed by atoms with Gasteiger partial charge in [-0.2, -0.15) is 0 Å². The molecule has 120 valence electrons. The molecule has 0 aliphatic carbocycles. The van der Waals surface area contributed by atoms with Gasteiger partial charge in [0.1, 0.15) is 0 Å². The van der Waals surface area contributed by atoms with Gasteiger partial charge in [-0.3, -0.25) is 9.59 Å². The average Bonchev–Trinajstić information content (AvgIpc) is 3.20. The molecule has 6 heteroatoms. The van der Waals surface area contributed by atoms with Crippen molar-refractivity contribution in [3.8, 4) is 5.69 Å². The van der Waals surface area contributed by atoms with Crippen molar-refractivity contribution in [3.63, 3.8) is 0 Å². The van der Waals surface area contributed by atoms with Gasteiger partial charge in [-0.1, -0.05) is 12.1 Å². The van der Waals surface area contributed by atoms with E-state index in [-0.39, 0.29) is 24.4 Å². The number of hydrogen-bond donors (Lipinski definition) is 1. The third kappa shape index (κ3) is 3.59. The highest BCUT2D eigenvalue weighted by Crippen LogP contribution is 2.16. The molecule has 1 fully saturated rings. The fraction of sp³-hybridized carbons (Fsp3) is 0.353. The van der Waals surface area contributed by atoms with Crippen LogP contribution in [-0.4, -0.2) is 39.4 Å². The molecule has 2 amide bonds. The molecule has 1 N–H and O–H groups in total. The fourth-order valence-electron chi connectivity index (χ4n) is 2.76. The number of likely N-dealkylation sites (tertiary alicyclic amines) is 1. The molecule has 1 aromatic carbocycles. The largest absolute Gasteiger partial charge is 0.348 e. The number of aromatic nitrogens is 2. The highest BCUT2D eigenvalue weighted by molar-refractivity contribution is 5.86. The van der Waals surface area contributed by atoms with Crippen LogP contribution in [0.3, 0.4) is 0 Å². The number of hydrogen-bond acceptors (Lipinski definition) is 3. The Balaban J connectivity index is 1.58. The molecular formula is C17H20N4O2. The van der Waals surface area contributed by atoms with Crippen molar-refractivity contribution in [2.45, 2.75) is 25.8 Å². The quantitative estimate of drug-likeness (QED) is 0.913. The maximum Gasteiger partial charge on any atom is 0.240 e. The normalized spacial score (nSPS) is 15.7. The minimum absolute atomic E-state index is 0.0671. The highest BCUT2D eigenvalue weighted by atomic mass is 16.2. The molecule has 6 nitrogen and oxygen atoms in total. The number of imidazole rings is 1. The van der Waals surface area contributed by atoms with Crippen molar-refractivity contribution < 1.29 is 9.59 Å². The summed E-state index contributed by atoms with van der Waals surface area (Å²) in [6.45, 7) is 2.77. The Labute approximate surface area is 135 Å². The van der Waals surface area contributed by atoms with Crippen LogP contribution in [0, 0.1) is 0 Å². The second-order valence-electron chi connectivity index (χ2n) is 5.77.